The second-order valence-corrected chi connectivity index (χ2v) is 5.22. The van der Waals surface area contributed by atoms with E-state index in [-0.39, 0.29) is 9.37 Å². The summed E-state index contributed by atoms with van der Waals surface area (Å²) in [7, 11) is 0. The van der Waals surface area contributed by atoms with Gasteiger partial charge in [0.1, 0.15) is 5.69 Å². The highest BCUT2D eigenvalue weighted by Gasteiger charge is 2.45. The highest BCUT2D eigenvalue weighted by Crippen LogP contribution is 2.39. The van der Waals surface area contributed by atoms with Gasteiger partial charge in [-0.05, 0) is 28.9 Å². The van der Waals surface area contributed by atoms with E-state index in [4.69, 9.17) is 5.11 Å². The van der Waals surface area contributed by atoms with Gasteiger partial charge in [-0.3, -0.25) is 19.8 Å². The van der Waals surface area contributed by atoms with Crippen LogP contribution in [0.4, 0.5) is 24.5 Å². The van der Waals surface area contributed by atoms with Gasteiger partial charge < -0.3 is 5.11 Å². The molecule has 0 aromatic heterocycles. The van der Waals surface area contributed by atoms with Gasteiger partial charge in [-0.15, -0.1) is 0 Å². The fourth-order valence-electron chi connectivity index (χ4n) is 1.75. The van der Waals surface area contributed by atoms with Crippen molar-refractivity contribution in [3.63, 3.8) is 0 Å². The van der Waals surface area contributed by atoms with Crippen LogP contribution in [0.25, 0.3) is 0 Å². The van der Waals surface area contributed by atoms with E-state index < -0.39 is 46.5 Å². The Balaban J connectivity index is 3.65. The van der Waals surface area contributed by atoms with Crippen LogP contribution in [0.2, 0.25) is 0 Å². The zero-order chi connectivity index (χ0) is 18.7. The highest BCUT2D eigenvalue weighted by molar-refractivity contribution is 9.10. The molecule has 0 unspecified atom stereocenters. The molecule has 0 radical (unpaired) electrons. The topological polar surface area (TPSA) is 101 Å². The van der Waals surface area contributed by atoms with Crippen LogP contribution in [0.3, 0.4) is 0 Å². The quantitative estimate of drug-likeness (QED) is 0.454. The molecule has 1 aromatic carbocycles. The van der Waals surface area contributed by atoms with Crippen LogP contribution in [-0.4, -0.2) is 34.6 Å². The lowest BCUT2D eigenvalue weighted by Crippen LogP contribution is -2.42. The molecule has 0 saturated heterocycles. The van der Waals surface area contributed by atoms with Gasteiger partial charge in [0.15, 0.2) is 0 Å². The average molecular weight is 411 g/mol. The molecule has 1 amide bonds. The molecule has 7 nitrogen and oxygen atoms in total. The molecule has 130 valence electrons. The van der Waals surface area contributed by atoms with E-state index >= 15 is 0 Å². The Kier molecular flexibility index (Phi) is 6.07. The lowest BCUT2D eigenvalue weighted by molar-refractivity contribution is -0.384. The monoisotopic (exact) mass is 410 g/mol. The molecule has 0 fully saturated rings. The maximum Gasteiger partial charge on any atom is 0.471 e. The Bertz CT molecular complexity index is 718. The number of benzene rings is 1. The van der Waals surface area contributed by atoms with Gasteiger partial charge in [-0.2, -0.15) is 13.2 Å². The molecule has 0 bridgehead atoms. The molecule has 1 N–H and O–H groups in total. The predicted octanol–water partition coefficient (Wildman–Crippen LogP) is 3.53. The molecule has 1 aromatic rings. The van der Waals surface area contributed by atoms with Gasteiger partial charge in [0.05, 0.1) is 10.5 Å². The number of carboxylic acids is 1. The summed E-state index contributed by atoms with van der Waals surface area (Å²) in [6.45, 7) is 0.911. The number of alkyl halides is 3. The Morgan fingerprint density at radius 2 is 2.00 bits per heavy atom. The third kappa shape index (κ3) is 4.31. The Morgan fingerprint density at radius 3 is 2.42 bits per heavy atom. The predicted molar refractivity (Wildman–Crippen MR) is 81.0 cm³/mol. The molecular weight excluding hydrogens is 401 g/mol. The summed E-state index contributed by atoms with van der Waals surface area (Å²) in [6.07, 6.45) is -2.70. The summed E-state index contributed by atoms with van der Waals surface area (Å²) in [6, 6.07) is 1.48. The first kappa shape index (κ1) is 19.6. The number of nitrogens with zero attached hydrogens (tertiary/aromatic N) is 2. The van der Waals surface area contributed by atoms with Crippen molar-refractivity contribution >= 4 is 39.2 Å². The van der Waals surface area contributed by atoms with Crippen LogP contribution in [0, 0.1) is 10.1 Å². The van der Waals surface area contributed by atoms with Gasteiger partial charge in [-0.1, -0.05) is 12.2 Å². The largest absolute Gasteiger partial charge is 0.478 e. The molecule has 0 atom stereocenters. The lowest BCUT2D eigenvalue weighted by atomic mass is 10.1. The summed E-state index contributed by atoms with van der Waals surface area (Å²) in [5, 5.41) is 20.1. The first-order valence-corrected chi connectivity index (χ1v) is 7.01. The van der Waals surface area contributed by atoms with Crippen LogP contribution in [0.5, 0.6) is 0 Å². The first-order valence-electron chi connectivity index (χ1n) is 6.21. The van der Waals surface area contributed by atoms with E-state index in [1.54, 1.807) is 0 Å². The lowest BCUT2D eigenvalue weighted by Gasteiger charge is -2.23. The number of hydrogen-bond donors (Lipinski definition) is 1. The van der Waals surface area contributed by atoms with E-state index in [0.717, 1.165) is 6.07 Å². The number of amides is 1. The number of aromatic carboxylic acids is 1. The summed E-state index contributed by atoms with van der Waals surface area (Å²) in [5.74, 6) is -3.82. The van der Waals surface area contributed by atoms with Crippen molar-refractivity contribution in [3.8, 4) is 0 Å². The van der Waals surface area contributed by atoms with E-state index in [2.05, 4.69) is 15.9 Å². The number of allylic oxidation sites excluding steroid dienone is 1. The third-order valence-corrected chi connectivity index (χ3v) is 3.37. The summed E-state index contributed by atoms with van der Waals surface area (Å²) in [4.78, 5) is 32.8. The molecule has 11 heteroatoms. The first-order chi connectivity index (χ1) is 11.0. The number of nitro benzene ring substituents is 1. The zero-order valence-corrected chi connectivity index (χ0v) is 13.6. The summed E-state index contributed by atoms with van der Waals surface area (Å²) < 4.78 is 38.0. The normalized spacial score (nSPS) is 11.5. The van der Waals surface area contributed by atoms with Crippen molar-refractivity contribution in [3.05, 3.63) is 44.4 Å². The molecule has 0 saturated carbocycles. The zero-order valence-electron chi connectivity index (χ0n) is 12.0. The minimum atomic E-state index is -5.26. The Morgan fingerprint density at radius 1 is 1.42 bits per heavy atom. The number of carbonyl (C=O) groups is 2. The maximum atomic E-state index is 12.8. The van der Waals surface area contributed by atoms with Gasteiger partial charge in [0, 0.05) is 17.1 Å². The van der Waals surface area contributed by atoms with E-state index in [9.17, 15) is 32.9 Å². The van der Waals surface area contributed by atoms with Gasteiger partial charge >= 0.3 is 18.1 Å². The third-order valence-electron chi connectivity index (χ3n) is 2.77. The second-order valence-electron chi connectivity index (χ2n) is 4.37. The minimum Gasteiger partial charge on any atom is -0.478 e. The van der Waals surface area contributed by atoms with Crippen LogP contribution >= 0.6 is 15.9 Å². The van der Waals surface area contributed by atoms with Crippen molar-refractivity contribution in [2.24, 2.45) is 0 Å². The van der Waals surface area contributed by atoms with Crippen molar-refractivity contribution < 1.29 is 32.8 Å². The fourth-order valence-corrected chi connectivity index (χ4v) is 2.42. The van der Waals surface area contributed by atoms with Crippen molar-refractivity contribution in [2.75, 3.05) is 11.4 Å². The van der Waals surface area contributed by atoms with Crippen molar-refractivity contribution in [2.45, 2.75) is 13.1 Å². The fraction of sp³-hybridized carbons (Fsp3) is 0.231. The van der Waals surface area contributed by atoms with E-state index in [1.807, 2.05) is 0 Å². The standard InChI is InChI=1S/C13H10BrF3N2O5/c1-2-3-4-18(12(22)13(15,16)17)10-8(14)5-7(11(20)21)6-9(10)19(23)24/h2-3,5-6H,4H2,1H3,(H,20,21). The van der Waals surface area contributed by atoms with E-state index in [1.165, 1.54) is 19.1 Å². The summed E-state index contributed by atoms with van der Waals surface area (Å²) >= 11 is 2.81. The van der Waals surface area contributed by atoms with Crippen LogP contribution in [-0.2, 0) is 4.79 Å². The SMILES string of the molecule is CC=CCN(C(=O)C(F)(F)F)c1c(Br)cc(C(=O)O)cc1[N+](=O)[O-]. The van der Waals surface area contributed by atoms with Gasteiger partial charge in [-0.25, -0.2) is 4.79 Å². The minimum absolute atomic E-state index is 0.161. The Hall–Kier alpha value is -2.43. The van der Waals surface area contributed by atoms with Crippen LogP contribution < -0.4 is 4.90 Å². The van der Waals surface area contributed by atoms with Gasteiger partial charge in [0.2, 0.25) is 0 Å². The molecule has 1 rings (SSSR count). The van der Waals surface area contributed by atoms with Crippen LogP contribution in [0.15, 0.2) is 28.8 Å². The number of carboxylic acid groups (broad SMARTS) is 1. The number of halogens is 4. The van der Waals surface area contributed by atoms with E-state index in [0.29, 0.717) is 6.07 Å². The molecule has 0 aliphatic rings. The number of anilines is 1. The summed E-state index contributed by atoms with van der Waals surface area (Å²) in [5.41, 5.74) is -2.13. The van der Waals surface area contributed by atoms with Crippen molar-refractivity contribution in [1.82, 2.24) is 0 Å². The average Bonchev–Trinajstić information content (AvgIpc) is 2.46. The molecule has 24 heavy (non-hydrogen) atoms. The van der Waals surface area contributed by atoms with Crippen molar-refractivity contribution in [1.29, 1.82) is 0 Å². The Labute approximate surface area is 141 Å². The number of hydrogen-bond acceptors (Lipinski definition) is 4. The number of nitro groups is 1. The van der Waals surface area contributed by atoms with Gasteiger partial charge in [0.25, 0.3) is 5.69 Å². The molecule has 0 aliphatic carbocycles. The number of carbonyl (C=O) groups excluding carboxylic acids is 1. The molecule has 0 spiro atoms. The molecule has 0 heterocycles. The molecular formula is C13H10BrF3N2O5. The molecule has 0 aliphatic heterocycles. The maximum absolute atomic E-state index is 12.8. The second kappa shape index (κ2) is 7.43. The highest BCUT2D eigenvalue weighted by atomic mass is 79.9. The smallest absolute Gasteiger partial charge is 0.471 e. The number of rotatable bonds is 5. The van der Waals surface area contributed by atoms with Crippen LogP contribution in [0.1, 0.15) is 17.3 Å².